The molecule has 0 spiro atoms. The molecule has 138 valence electrons. The third kappa shape index (κ3) is 3.65. The van der Waals surface area contributed by atoms with Crippen LogP contribution in [0.15, 0.2) is 48.7 Å². The molecule has 1 amide bonds. The first-order valence-electron chi connectivity index (χ1n) is 8.95. The molecule has 0 fully saturated rings. The van der Waals surface area contributed by atoms with Crippen LogP contribution in [0.25, 0.3) is 11.3 Å². The van der Waals surface area contributed by atoms with Crippen molar-refractivity contribution in [2.24, 2.45) is 0 Å². The van der Waals surface area contributed by atoms with E-state index < -0.39 is 0 Å². The minimum Gasteiger partial charge on any atom is -0.497 e. The minimum absolute atomic E-state index is 0.171. The Kier molecular flexibility index (Phi) is 4.78. The molecule has 0 bridgehead atoms. The van der Waals surface area contributed by atoms with Crippen LogP contribution in [0.3, 0.4) is 0 Å². The average Bonchev–Trinajstić information content (AvgIpc) is 3.22. The van der Waals surface area contributed by atoms with Gasteiger partial charge in [-0.05, 0) is 42.2 Å². The lowest BCUT2D eigenvalue weighted by Crippen LogP contribution is -2.23. The summed E-state index contributed by atoms with van der Waals surface area (Å²) in [6.07, 6.45) is 3.59. The number of benzene rings is 2. The number of methoxy groups -OCH3 is 1. The molecular weight excluding hydrogens is 342 g/mol. The number of aryl methyl sites for hydroxylation is 1. The number of hydrogen-bond acceptors (Lipinski definition) is 4. The van der Waals surface area contributed by atoms with Gasteiger partial charge in [0.2, 0.25) is 0 Å². The number of fused-ring (bicyclic) bond motifs is 1. The number of ether oxygens (including phenoxy) is 2. The van der Waals surface area contributed by atoms with E-state index in [1.54, 1.807) is 13.3 Å². The Labute approximate surface area is 157 Å². The van der Waals surface area contributed by atoms with E-state index in [-0.39, 0.29) is 5.91 Å². The van der Waals surface area contributed by atoms with Gasteiger partial charge in [0.1, 0.15) is 11.5 Å². The normalized spacial score (nSPS) is 12.8. The van der Waals surface area contributed by atoms with Crippen LogP contribution in [-0.4, -0.2) is 29.8 Å². The van der Waals surface area contributed by atoms with Gasteiger partial charge in [0.25, 0.3) is 5.91 Å². The molecule has 1 aliphatic heterocycles. The lowest BCUT2D eigenvalue weighted by molar-refractivity contribution is 0.0951. The summed E-state index contributed by atoms with van der Waals surface area (Å²) in [6, 6.07) is 13.6. The summed E-state index contributed by atoms with van der Waals surface area (Å²) in [6.45, 7) is 1.23. The van der Waals surface area contributed by atoms with Gasteiger partial charge in [-0.15, -0.1) is 0 Å². The molecular formula is C21H21N3O3. The predicted octanol–water partition coefficient (Wildman–Crippen LogP) is 3.34. The fourth-order valence-electron chi connectivity index (χ4n) is 3.26. The van der Waals surface area contributed by atoms with E-state index in [4.69, 9.17) is 9.47 Å². The molecule has 0 saturated heterocycles. The highest BCUT2D eigenvalue weighted by Crippen LogP contribution is 2.26. The number of nitrogens with zero attached hydrogens (tertiary/aromatic N) is 1. The van der Waals surface area contributed by atoms with Gasteiger partial charge in [0.15, 0.2) is 0 Å². The van der Waals surface area contributed by atoms with E-state index in [1.807, 2.05) is 36.4 Å². The van der Waals surface area contributed by atoms with Crippen LogP contribution in [-0.2, 0) is 13.0 Å². The van der Waals surface area contributed by atoms with Gasteiger partial charge in [-0.25, -0.2) is 0 Å². The molecule has 1 aromatic heterocycles. The lowest BCUT2D eigenvalue weighted by Gasteiger charge is -2.18. The van der Waals surface area contributed by atoms with Crippen LogP contribution >= 0.6 is 0 Å². The average molecular weight is 363 g/mol. The first-order chi connectivity index (χ1) is 13.2. The van der Waals surface area contributed by atoms with E-state index in [2.05, 4.69) is 21.6 Å². The van der Waals surface area contributed by atoms with Crippen LogP contribution in [0.5, 0.6) is 11.5 Å². The zero-order chi connectivity index (χ0) is 18.6. The smallest absolute Gasteiger partial charge is 0.255 e. The molecule has 1 aliphatic rings. The number of aromatic nitrogens is 2. The van der Waals surface area contributed by atoms with E-state index in [9.17, 15) is 4.79 Å². The molecule has 2 heterocycles. The van der Waals surface area contributed by atoms with Crippen LogP contribution in [0.1, 0.15) is 27.9 Å². The maximum absolute atomic E-state index is 12.7. The molecule has 0 atom stereocenters. The van der Waals surface area contributed by atoms with Gasteiger partial charge in [-0.3, -0.25) is 9.89 Å². The Morgan fingerprint density at radius 2 is 2.22 bits per heavy atom. The second kappa shape index (κ2) is 7.53. The number of rotatable bonds is 5. The zero-order valence-corrected chi connectivity index (χ0v) is 15.1. The highest BCUT2D eigenvalue weighted by molar-refractivity contribution is 5.99. The van der Waals surface area contributed by atoms with Crippen molar-refractivity contribution >= 4 is 5.91 Å². The number of nitrogens with one attached hydrogen (secondary N) is 2. The predicted molar refractivity (Wildman–Crippen MR) is 102 cm³/mol. The van der Waals surface area contributed by atoms with Crippen molar-refractivity contribution in [3.63, 3.8) is 0 Å². The topological polar surface area (TPSA) is 76.2 Å². The Morgan fingerprint density at radius 1 is 1.30 bits per heavy atom. The fourth-order valence-corrected chi connectivity index (χ4v) is 3.26. The summed E-state index contributed by atoms with van der Waals surface area (Å²) in [5.41, 5.74) is 4.28. The van der Waals surface area contributed by atoms with Crippen LogP contribution < -0.4 is 14.8 Å². The third-order valence-corrected chi connectivity index (χ3v) is 4.67. The van der Waals surface area contributed by atoms with Crippen molar-refractivity contribution in [3.8, 4) is 22.8 Å². The Bertz CT molecular complexity index is 965. The monoisotopic (exact) mass is 363 g/mol. The van der Waals surface area contributed by atoms with E-state index in [1.165, 1.54) is 5.56 Å². The molecule has 3 aromatic rings. The summed E-state index contributed by atoms with van der Waals surface area (Å²) in [4.78, 5) is 12.7. The largest absolute Gasteiger partial charge is 0.497 e. The summed E-state index contributed by atoms with van der Waals surface area (Å²) >= 11 is 0. The van der Waals surface area contributed by atoms with Crippen molar-refractivity contribution in [2.75, 3.05) is 13.7 Å². The van der Waals surface area contributed by atoms with E-state index in [0.717, 1.165) is 42.1 Å². The molecule has 4 rings (SSSR count). The highest BCUT2D eigenvalue weighted by Gasteiger charge is 2.16. The molecule has 0 radical (unpaired) electrons. The van der Waals surface area contributed by atoms with Gasteiger partial charge in [0, 0.05) is 12.1 Å². The summed E-state index contributed by atoms with van der Waals surface area (Å²) in [7, 11) is 1.61. The standard InChI is InChI=1S/C21H21N3O3/c1-26-17-6-2-4-16(11-17)20-18(13-23-24-20)21(25)22-12-14-7-8-19-15(10-14)5-3-9-27-19/h2,4,6-8,10-11,13H,3,5,9,12H2,1H3,(H,22,25)(H,23,24). The number of amides is 1. The highest BCUT2D eigenvalue weighted by atomic mass is 16.5. The molecule has 0 unspecified atom stereocenters. The summed E-state index contributed by atoms with van der Waals surface area (Å²) in [5.74, 6) is 1.51. The van der Waals surface area contributed by atoms with Crippen molar-refractivity contribution in [1.82, 2.24) is 15.5 Å². The van der Waals surface area contributed by atoms with E-state index in [0.29, 0.717) is 17.8 Å². The van der Waals surface area contributed by atoms with Gasteiger partial charge in [-0.1, -0.05) is 24.3 Å². The van der Waals surface area contributed by atoms with Crippen molar-refractivity contribution in [1.29, 1.82) is 0 Å². The molecule has 0 aliphatic carbocycles. The summed E-state index contributed by atoms with van der Waals surface area (Å²) in [5, 5.41) is 9.93. The van der Waals surface area contributed by atoms with Crippen LogP contribution in [0.2, 0.25) is 0 Å². The molecule has 6 nitrogen and oxygen atoms in total. The molecule has 27 heavy (non-hydrogen) atoms. The second-order valence-corrected chi connectivity index (χ2v) is 6.47. The Hall–Kier alpha value is -3.28. The maximum atomic E-state index is 12.7. The first-order valence-corrected chi connectivity index (χ1v) is 8.95. The number of H-pyrrole nitrogens is 1. The Morgan fingerprint density at radius 3 is 3.11 bits per heavy atom. The second-order valence-electron chi connectivity index (χ2n) is 6.47. The van der Waals surface area contributed by atoms with Crippen LogP contribution in [0, 0.1) is 0 Å². The van der Waals surface area contributed by atoms with Crippen molar-refractivity contribution in [3.05, 3.63) is 65.4 Å². The molecule has 6 heteroatoms. The number of carbonyl (C=O) groups is 1. The number of aromatic amines is 1. The summed E-state index contributed by atoms with van der Waals surface area (Å²) < 4.78 is 10.9. The molecule has 2 aromatic carbocycles. The third-order valence-electron chi connectivity index (χ3n) is 4.67. The number of carbonyl (C=O) groups excluding carboxylic acids is 1. The molecule has 0 saturated carbocycles. The van der Waals surface area contributed by atoms with Gasteiger partial charge >= 0.3 is 0 Å². The zero-order valence-electron chi connectivity index (χ0n) is 15.1. The fraction of sp³-hybridized carbons (Fsp3) is 0.238. The van der Waals surface area contributed by atoms with Crippen LogP contribution in [0.4, 0.5) is 0 Å². The quantitative estimate of drug-likeness (QED) is 0.729. The van der Waals surface area contributed by atoms with E-state index >= 15 is 0 Å². The first kappa shape index (κ1) is 17.1. The van der Waals surface area contributed by atoms with Crippen molar-refractivity contribution in [2.45, 2.75) is 19.4 Å². The van der Waals surface area contributed by atoms with Gasteiger partial charge < -0.3 is 14.8 Å². The SMILES string of the molecule is COc1cccc(-c2[nH]ncc2C(=O)NCc2ccc3c(c2)CCCO3)c1. The van der Waals surface area contributed by atoms with Gasteiger partial charge in [0.05, 0.1) is 31.2 Å². The maximum Gasteiger partial charge on any atom is 0.255 e. The minimum atomic E-state index is -0.171. The van der Waals surface area contributed by atoms with Crippen molar-refractivity contribution < 1.29 is 14.3 Å². The lowest BCUT2D eigenvalue weighted by atomic mass is 10.0. The number of hydrogen-bond donors (Lipinski definition) is 2. The van der Waals surface area contributed by atoms with Gasteiger partial charge in [-0.2, -0.15) is 5.10 Å². The molecule has 2 N–H and O–H groups in total. The Balaban J connectivity index is 1.49.